The normalized spacial score (nSPS) is 13.6. The molecule has 0 aliphatic carbocycles. The van der Waals surface area contributed by atoms with Crippen LogP contribution >= 0.6 is 11.3 Å². The zero-order valence-electron chi connectivity index (χ0n) is 9.40. The van der Waals surface area contributed by atoms with Crippen molar-refractivity contribution in [3.63, 3.8) is 0 Å². The minimum absolute atomic E-state index is 0.597. The third-order valence-electron chi connectivity index (χ3n) is 2.39. The van der Waals surface area contributed by atoms with Gasteiger partial charge in [-0.3, -0.25) is 0 Å². The molecule has 18 heavy (non-hydrogen) atoms. The average Bonchev–Trinajstić information content (AvgIpc) is 2.77. The second-order valence-corrected chi connectivity index (χ2v) is 4.88. The van der Waals surface area contributed by atoms with Crippen molar-refractivity contribution in [1.82, 2.24) is 4.98 Å². The summed E-state index contributed by atoms with van der Waals surface area (Å²) >= 11 is 1.27. The van der Waals surface area contributed by atoms with Crippen molar-refractivity contribution in [3.8, 4) is 10.6 Å². The first-order valence-corrected chi connectivity index (χ1v) is 6.01. The molecule has 2 rings (SSSR count). The largest absolute Gasteiger partial charge is 0.416 e. The van der Waals surface area contributed by atoms with E-state index in [2.05, 4.69) is 4.98 Å². The molecule has 1 heterocycles. The van der Waals surface area contributed by atoms with Gasteiger partial charge in [-0.05, 0) is 19.1 Å². The Morgan fingerprint density at radius 3 is 2.28 bits per heavy atom. The third-order valence-corrected chi connectivity index (χ3v) is 3.61. The van der Waals surface area contributed by atoms with Crippen LogP contribution in [0.25, 0.3) is 10.6 Å². The Balaban J connectivity index is 2.29. The van der Waals surface area contributed by atoms with Gasteiger partial charge in [0.1, 0.15) is 5.01 Å². The Morgan fingerprint density at radius 2 is 1.83 bits per heavy atom. The highest BCUT2D eigenvalue weighted by Gasteiger charge is 2.30. The van der Waals surface area contributed by atoms with E-state index in [1.165, 1.54) is 29.7 Å². The number of hydrogen-bond acceptors (Lipinski definition) is 3. The predicted octanol–water partition coefficient (Wildman–Crippen LogP) is 3.88. The fourth-order valence-corrected chi connectivity index (χ4v) is 2.27. The van der Waals surface area contributed by atoms with Crippen LogP contribution in [0.4, 0.5) is 13.2 Å². The molecule has 0 radical (unpaired) electrons. The SMILES string of the molecule is C[C@@H](O)c1cnc(-c2ccc(C(F)(F)F)cc2)s1. The molecule has 6 heteroatoms. The number of hydrogen-bond donors (Lipinski definition) is 1. The molecule has 0 spiro atoms. The summed E-state index contributed by atoms with van der Waals surface area (Å²) in [6.45, 7) is 1.62. The molecule has 96 valence electrons. The van der Waals surface area contributed by atoms with Crippen LogP contribution in [-0.4, -0.2) is 10.1 Å². The van der Waals surface area contributed by atoms with Gasteiger partial charge in [0.15, 0.2) is 0 Å². The number of aliphatic hydroxyl groups is 1. The molecule has 0 fully saturated rings. The molecule has 1 atom stereocenters. The van der Waals surface area contributed by atoms with Crippen molar-refractivity contribution >= 4 is 11.3 Å². The number of rotatable bonds is 2. The smallest absolute Gasteiger partial charge is 0.388 e. The van der Waals surface area contributed by atoms with Gasteiger partial charge in [0.25, 0.3) is 0 Å². The number of aliphatic hydroxyl groups excluding tert-OH is 1. The van der Waals surface area contributed by atoms with Crippen LogP contribution < -0.4 is 0 Å². The first-order valence-electron chi connectivity index (χ1n) is 5.19. The van der Waals surface area contributed by atoms with Gasteiger partial charge in [-0.2, -0.15) is 13.2 Å². The molecule has 2 aromatic rings. The minimum Gasteiger partial charge on any atom is -0.388 e. The van der Waals surface area contributed by atoms with E-state index in [0.717, 1.165) is 12.1 Å². The Labute approximate surface area is 106 Å². The zero-order valence-corrected chi connectivity index (χ0v) is 10.2. The molecule has 1 N–H and O–H groups in total. The van der Waals surface area contributed by atoms with E-state index in [1.54, 1.807) is 6.92 Å². The molecule has 0 bridgehead atoms. The monoisotopic (exact) mass is 273 g/mol. The van der Waals surface area contributed by atoms with Crippen molar-refractivity contribution in [3.05, 3.63) is 40.9 Å². The molecule has 0 aliphatic heterocycles. The Kier molecular flexibility index (Phi) is 3.41. The molecular formula is C12H10F3NOS. The maximum Gasteiger partial charge on any atom is 0.416 e. The number of alkyl halides is 3. The summed E-state index contributed by atoms with van der Waals surface area (Å²) in [7, 11) is 0. The third kappa shape index (κ3) is 2.70. The van der Waals surface area contributed by atoms with Crippen molar-refractivity contribution in [1.29, 1.82) is 0 Å². The van der Waals surface area contributed by atoms with Gasteiger partial charge in [-0.25, -0.2) is 4.98 Å². The lowest BCUT2D eigenvalue weighted by Crippen LogP contribution is -2.03. The maximum absolute atomic E-state index is 12.4. The topological polar surface area (TPSA) is 33.1 Å². The lowest BCUT2D eigenvalue weighted by molar-refractivity contribution is -0.137. The van der Waals surface area contributed by atoms with E-state index in [4.69, 9.17) is 0 Å². The summed E-state index contributed by atoms with van der Waals surface area (Å²) in [6, 6.07) is 4.82. The molecule has 0 saturated carbocycles. The Morgan fingerprint density at radius 1 is 1.22 bits per heavy atom. The second kappa shape index (κ2) is 4.70. The lowest BCUT2D eigenvalue weighted by Gasteiger charge is -2.06. The van der Waals surface area contributed by atoms with E-state index in [0.29, 0.717) is 15.4 Å². The fourth-order valence-electron chi connectivity index (χ4n) is 1.41. The minimum atomic E-state index is -4.33. The van der Waals surface area contributed by atoms with Gasteiger partial charge >= 0.3 is 6.18 Å². The Bertz CT molecular complexity index is 531. The van der Waals surface area contributed by atoms with Crippen LogP contribution in [0.1, 0.15) is 23.5 Å². The molecule has 0 saturated heterocycles. The standard InChI is InChI=1S/C12H10F3NOS/c1-7(17)10-6-16-11(18-10)8-2-4-9(5-3-8)12(13,14)15/h2-7,17H,1H3/t7-/m1/s1. The molecule has 2 nitrogen and oxygen atoms in total. The summed E-state index contributed by atoms with van der Waals surface area (Å²) in [5.74, 6) is 0. The summed E-state index contributed by atoms with van der Waals surface area (Å²) in [5, 5.41) is 9.95. The summed E-state index contributed by atoms with van der Waals surface area (Å²) in [6.07, 6.45) is -3.42. The van der Waals surface area contributed by atoms with Crippen LogP contribution in [0.2, 0.25) is 0 Å². The fraction of sp³-hybridized carbons (Fsp3) is 0.250. The molecule has 1 aromatic heterocycles. The van der Waals surface area contributed by atoms with Gasteiger partial charge in [0.2, 0.25) is 0 Å². The average molecular weight is 273 g/mol. The molecule has 0 aliphatic rings. The van der Waals surface area contributed by atoms with Crippen LogP contribution in [0, 0.1) is 0 Å². The highest BCUT2D eigenvalue weighted by atomic mass is 32.1. The molecule has 0 amide bonds. The van der Waals surface area contributed by atoms with Crippen LogP contribution in [0.5, 0.6) is 0 Å². The summed E-state index contributed by atoms with van der Waals surface area (Å²) < 4.78 is 37.2. The summed E-state index contributed by atoms with van der Waals surface area (Å²) in [4.78, 5) is 4.76. The van der Waals surface area contributed by atoms with E-state index in [1.807, 2.05) is 0 Å². The number of halogens is 3. The first kappa shape index (κ1) is 13.0. The second-order valence-electron chi connectivity index (χ2n) is 3.82. The van der Waals surface area contributed by atoms with E-state index in [9.17, 15) is 18.3 Å². The maximum atomic E-state index is 12.4. The Hall–Kier alpha value is -1.40. The number of nitrogens with zero attached hydrogens (tertiary/aromatic N) is 1. The predicted molar refractivity (Wildman–Crippen MR) is 63.2 cm³/mol. The summed E-state index contributed by atoms with van der Waals surface area (Å²) in [5.41, 5.74) is -0.0709. The van der Waals surface area contributed by atoms with E-state index < -0.39 is 17.8 Å². The van der Waals surface area contributed by atoms with Crippen molar-refractivity contribution in [2.24, 2.45) is 0 Å². The van der Waals surface area contributed by atoms with Crippen molar-refractivity contribution in [2.75, 3.05) is 0 Å². The van der Waals surface area contributed by atoms with E-state index >= 15 is 0 Å². The van der Waals surface area contributed by atoms with Gasteiger partial charge < -0.3 is 5.11 Å². The van der Waals surface area contributed by atoms with Gasteiger partial charge in [-0.15, -0.1) is 11.3 Å². The van der Waals surface area contributed by atoms with E-state index in [-0.39, 0.29) is 0 Å². The van der Waals surface area contributed by atoms with Crippen LogP contribution in [-0.2, 0) is 6.18 Å². The quantitative estimate of drug-likeness (QED) is 0.900. The van der Waals surface area contributed by atoms with Gasteiger partial charge in [0.05, 0.1) is 16.5 Å². The highest BCUT2D eigenvalue weighted by molar-refractivity contribution is 7.15. The molecule has 0 unspecified atom stereocenters. The molecular weight excluding hydrogens is 263 g/mol. The number of benzene rings is 1. The van der Waals surface area contributed by atoms with Crippen molar-refractivity contribution in [2.45, 2.75) is 19.2 Å². The van der Waals surface area contributed by atoms with Crippen LogP contribution in [0.15, 0.2) is 30.5 Å². The first-order chi connectivity index (χ1) is 8.38. The van der Waals surface area contributed by atoms with Crippen molar-refractivity contribution < 1.29 is 18.3 Å². The molecule has 1 aromatic carbocycles. The lowest BCUT2D eigenvalue weighted by atomic mass is 10.1. The van der Waals surface area contributed by atoms with Gasteiger partial charge in [0, 0.05) is 11.8 Å². The number of aromatic nitrogens is 1. The highest BCUT2D eigenvalue weighted by Crippen LogP contribution is 2.32. The zero-order chi connectivity index (χ0) is 13.3. The number of thiazole rings is 1. The van der Waals surface area contributed by atoms with Gasteiger partial charge in [-0.1, -0.05) is 12.1 Å². The van der Waals surface area contributed by atoms with Crippen LogP contribution in [0.3, 0.4) is 0 Å².